The molecule has 0 bridgehead atoms. The second-order valence-corrected chi connectivity index (χ2v) is 5.46. The molecule has 2 atom stereocenters. The highest BCUT2D eigenvalue weighted by molar-refractivity contribution is 5.17. The maximum Gasteiger partial charge on any atom is 0.0804 e. The Morgan fingerprint density at radius 3 is 2.25 bits per heavy atom. The van der Waals surface area contributed by atoms with Crippen LogP contribution in [0.2, 0.25) is 0 Å². The zero-order valence-corrected chi connectivity index (χ0v) is 10.7. The molecule has 1 aromatic carbocycles. The molecular weight excluding hydrogens is 198 g/mol. The van der Waals surface area contributed by atoms with Crippen LogP contribution in [0.25, 0.3) is 0 Å². The zero-order chi connectivity index (χ0) is 12.2. The van der Waals surface area contributed by atoms with E-state index in [0.717, 1.165) is 12.0 Å². The zero-order valence-electron chi connectivity index (χ0n) is 10.7. The van der Waals surface area contributed by atoms with Crippen molar-refractivity contribution in [2.75, 3.05) is 0 Å². The Hall–Kier alpha value is -0.860. The number of aliphatic hydroxyl groups excluding tert-OH is 1. The number of rotatable bonds is 4. The van der Waals surface area contributed by atoms with E-state index < -0.39 is 0 Å². The average Bonchev–Trinajstić information content (AvgIpc) is 2.16. The Morgan fingerprint density at radius 2 is 1.75 bits per heavy atom. The van der Waals surface area contributed by atoms with Gasteiger partial charge in [0.25, 0.3) is 0 Å². The Labute approximate surface area is 98.7 Å². The third-order valence-corrected chi connectivity index (χ3v) is 2.44. The van der Waals surface area contributed by atoms with Gasteiger partial charge in [0.2, 0.25) is 0 Å². The molecule has 2 N–H and O–H groups in total. The Balaban J connectivity index is 2.49. The lowest BCUT2D eigenvalue weighted by atomic mass is 10.0. The van der Waals surface area contributed by atoms with Crippen molar-refractivity contribution in [2.24, 2.45) is 0 Å². The minimum atomic E-state index is -0.383. The summed E-state index contributed by atoms with van der Waals surface area (Å²) in [5, 5.41) is 13.5. The molecule has 0 amide bonds. The van der Waals surface area contributed by atoms with E-state index >= 15 is 0 Å². The van der Waals surface area contributed by atoms with Crippen LogP contribution >= 0.6 is 0 Å². The Kier molecular flexibility index (Phi) is 4.51. The third kappa shape index (κ3) is 4.77. The van der Waals surface area contributed by atoms with Crippen LogP contribution in [0, 0.1) is 0 Å². The molecule has 0 saturated carbocycles. The lowest BCUT2D eigenvalue weighted by Gasteiger charge is -2.27. The van der Waals surface area contributed by atoms with Crippen LogP contribution < -0.4 is 5.32 Å². The van der Waals surface area contributed by atoms with Gasteiger partial charge in [0, 0.05) is 11.6 Å². The van der Waals surface area contributed by atoms with Gasteiger partial charge in [-0.05, 0) is 39.7 Å². The predicted molar refractivity (Wildman–Crippen MR) is 68.4 cm³/mol. The topological polar surface area (TPSA) is 32.3 Å². The first-order chi connectivity index (χ1) is 7.38. The van der Waals surface area contributed by atoms with Gasteiger partial charge in [-0.25, -0.2) is 0 Å². The molecule has 0 fully saturated rings. The molecule has 16 heavy (non-hydrogen) atoms. The molecule has 0 heterocycles. The number of hydrogen-bond donors (Lipinski definition) is 2. The van der Waals surface area contributed by atoms with Gasteiger partial charge in [-0.2, -0.15) is 0 Å². The summed E-state index contributed by atoms with van der Waals surface area (Å²) < 4.78 is 0. The summed E-state index contributed by atoms with van der Waals surface area (Å²) in [5.74, 6) is 0. The van der Waals surface area contributed by atoms with Crippen molar-refractivity contribution in [1.82, 2.24) is 5.32 Å². The van der Waals surface area contributed by atoms with Crippen LogP contribution in [0.5, 0.6) is 0 Å². The van der Waals surface area contributed by atoms with E-state index in [-0.39, 0.29) is 11.6 Å². The molecule has 0 radical (unpaired) electrons. The molecule has 0 saturated heterocycles. The van der Waals surface area contributed by atoms with Gasteiger partial charge < -0.3 is 10.4 Å². The summed E-state index contributed by atoms with van der Waals surface area (Å²) in [6.45, 7) is 8.52. The van der Waals surface area contributed by atoms with E-state index in [1.165, 1.54) is 0 Å². The summed E-state index contributed by atoms with van der Waals surface area (Å²) in [7, 11) is 0. The number of benzene rings is 1. The van der Waals surface area contributed by atoms with Gasteiger partial charge in [0.05, 0.1) is 6.10 Å². The van der Waals surface area contributed by atoms with E-state index in [9.17, 15) is 5.11 Å². The molecule has 1 rings (SSSR count). The first kappa shape index (κ1) is 13.2. The van der Waals surface area contributed by atoms with Crippen molar-refractivity contribution in [3.63, 3.8) is 0 Å². The van der Waals surface area contributed by atoms with Crippen LogP contribution in [0.3, 0.4) is 0 Å². The molecule has 90 valence electrons. The normalized spacial score (nSPS) is 15.8. The van der Waals surface area contributed by atoms with Gasteiger partial charge in [0.15, 0.2) is 0 Å². The standard InChI is InChI=1S/C14H23NO/c1-11(15-14(2,3)4)10-13(16)12-8-6-5-7-9-12/h5-9,11,13,15-16H,10H2,1-4H3/t11-,13-/m0/s1. The number of aliphatic hydroxyl groups is 1. The van der Waals surface area contributed by atoms with E-state index in [0.29, 0.717) is 6.04 Å². The largest absolute Gasteiger partial charge is 0.388 e. The summed E-state index contributed by atoms with van der Waals surface area (Å²) in [6.07, 6.45) is 0.354. The lowest BCUT2D eigenvalue weighted by Crippen LogP contribution is -2.42. The van der Waals surface area contributed by atoms with Crippen LogP contribution in [-0.2, 0) is 0 Å². The van der Waals surface area contributed by atoms with E-state index in [1.807, 2.05) is 30.3 Å². The van der Waals surface area contributed by atoms with E-state index in [1.54, 1.807) is 0 Å². The summed E-state index contributed by atoms with van der Waals surface area (Å²) in [5.41, 5.74) is 1.08. The molecule has 0 unspecified atom stereocenters. The van der Waals surface area contributed by atoms with Crippen molar-refractivity contribution in [3.8, 4) is 0 Å². The molecule has 1 aromatic rings. The molecule has 2 heteroatoms. The van der Waals surface area contributed by atoms with Gasteiger partial charge in [-0.3, -0.25) is 0 Å². The lowest BCUT2D eigenvalue weighted by molar-refractivity contribution is 0.148. The summed E-state index contributed by atoms with van der Waals surface area (Å²) >= 11 is 0. The minimum absolute atomic E-state index is 0.0931. The maximum atomic E-state index is 10.0. The molecule has 0 spiro atoms. The average molecular weight is 221 g/mol. The van der Waals surface area contributed by atoms with Gasteiger partial charge in [0.1, 0.15) is 0 Å². The van der Waals surface area contributed by atoms with E-state index in [4.69, 9.17) is 0 Å². The fourth-order valence-corrected chi connectivity index (χ4v) is 1.94. The fraction of sp³-hybridized carbons (Fsp3) is 0.571. The quantitative estimate of drug-likeness (QED) is 0.819. The van der Waals surface area contributed by atoms with Crippen LogP contribution in [0.1, 0.15) is 45.8 Å². The van der Waals surface area contributed by atoms with Gasteiger partial charge >= 0.3 is 0 Å². The first-order valence-corrected chi connectivity index (χ1v) is 5.89. The van der Waals surface area contributed by atoms with Crippen molar-refractivity contribution >= 4 is 0 Å². The van der Waals surface area contributed by atoms with Gasteiger partial charge in [-0.15, -0.1) is 0 Å². The maximum absolute atomic E-state index is 10.0. The molecule has 0 aliphatic heterocycles. The van der Waals surface area contributed by atoms with Crippen LogP contribution in [-0.4, -0.2) is 16.7 Å². The third-order valence-electron chi connectivity index (χ3n) is 2.44. The SMILES string of the molecule is C[C@@H](C[C@H](O)c1ccccc1)NC(C)(C)C. The highest BCUT2D eigenvalue weighted by Crippen LogP contribution is 2.18. The first-order valence-electron chi connectivity index (χ1n) is 5.89. The monoisotopic (exact) mass is 221 g/mol. The predicted octanol–water partition coefficient (Wildman–Crippen LogP) is 2.89. The summed E-state index contributed by atoms with van der Waals surface area (Å²) in [4.78, 5) is 0. The van der Waals surface area contributed by atoms with Crippen LogP contribution in [0.4, 0.5) is 0 Å². The van der Waals surface area contributed by atoms with Crippen molar-refractivity contribution in [1.29, 1.82) is 0 Å². The highest BCUT2D eigenvalue weighted by Gasteiger charge is 2.17. The second kappa shape index (κ2) is 5.46. The molecular formula is C14H23NO. The minimum Gasteiger partial charge on any atom is -0.388 e. The summed E-state index contributed by atoms with van der Waals surface area (Å²) in [6, 6.07) is 10.1. The Morgan fingerprint density at radius 1 is 1.19 bits per heavy atom. The fourth-order valence-electron chi connectivity index (χ4n) is 1.94. The molecule has 0 aliphatic rings. The van der Waals surface area contributed by atoms with Crippen molar-refractivity contribution < 1.29 is 5.11 Å². The van der Waals surface area contributed by atoms with Crippen molar-refractivity contribution in [2.45, 2.75) is 51.8 Å². The van der Waals surface area contributed by atoms with Gasteiger partial charge in [-0.1, -0.05) is 30.3 Å². The number of nitrogens with one attached hydrogen (secondary N) is 1. The molecule has 0 aliphatic carbocycles. The van der Waals surface area contributed by atoms with E-state index in [2.05, 4.69) is 33.0 Å². The van der Waals surface area contributed by atoms with Crippen LogP contribution in [0.15, 0.2) is 30.3 Å². The van der Waals surface area contributed by atoms with Crippen molar-refractivity contribution in [3.05, 3.63) is 35.9 Å². The second-order valence-electron chi connectivity index (χ2n) is 5.46. The Bertz CT molecular complexity index is 302. The number of hydrogen-bond acceptors (Lipinski definition) is 2. The smallest absolute Gasteiger partial charge is 0.0804 e. The highest BCUT2D eigenvalue weighted by atomic mass is 16.3. The molecule has 2 nitrogen and oxygen atoms in total. The molecule has 0 aromatic heterocycles.